The van der Waals surface area contributed by atoms with Crippen LogP contribution in [0.4, 0.5) is 17.1 Å². The molecule has 0 saturated heterocycles. The Morgan fingerprint density at radius 1 is 0.355 bits per heavy atom. The van der Waals surface area contributed by atoms with Crippen LogP contribution in [-0.4, -0.2) is 0 Å². The Hall–Kier alpha value is -6.96. The van der Waals surface area contributed by atoms with E-state index in [2.05, 4.69) is 219 Å². The molecule has 0 atom stereocenters. The van der Waals surface area contributed by atoms with Crippen molar-refractivity contribution in [2.24, 2.45) is 0 Å². The average molecular weight is 796 g/mol. The van der Waals surface area contributed by atoms with Gasteiger partial charge in [0.05, 0.1) is 0 Å². The molecule has 3 aliphatic rings. The SMILES string of the molecule is CC1(C)c2ccccc2-c2cccc(-c3cccc(N(c4ccc(-c5cccc6cccc(-c7ccccc7)c56)cc4)c4ccc5c(c4)C4(CCCCC4)c4ccccc4-5)c3)c21. The minimum Gasteiger partial charge on any atom is -0.310 e. The van der Waals surface area contributed by atoms with E-state index in [1.165, 1.54) is 126 Å². The molecular weight excluding hydrogens is 747 g/mol. The van der Waals surface area contributed by atoms with Crippen molar-refractivity contribution in [3.63, 3.8) is 0 Å². The highest BCUT2D eigenvalue weighted by molar-refractivity contribution is 6.06. The molecule has 1 saturated carbocycles. The number of anilines is 3. The Labute approximate surface area is 366 Å². The van der Waals surface area contributed by atoms with Crippen LogP contribution in [0.15, 0.2) is 200 Å². The van der Waals surface area contributed by atoms with Crippen LogP contribution in [0.3, 0.4) is 0 Å². The molecule has 1 nitrogen and oxygen atoms in total. The lowest BCUT2D eigenvalue weighted by Gasteiger charge is -2.36. The quantitative estimate of drug-likeness (QED) is 0.162. The number of hydrogen-bond donors (Lipinski definition) is 0. The molecule has 12 rings (SSSR count). The number of fused-ring (bicyclic) bond motifs is 9. The largest absolute Gasteiger partial charge is 0.310 e. The smallest absolute Gasteiger partial charge is 0.0467 e. The maximum atomic E-state index is 2.55. The Morgan fingerprint density at radius 3 is 1.65 bits per heavy atom. The predicted molar refractivity (Wildman–Crippen MR) is 262 cm³/mol. The van der Waals surface area contributed by atoms with Crippen molar-refractivity contribution in [2.45, 2.75) is 56.8 Å². The van der Waals surface area contributed by atoms with E-state index in [0.29, 0.717) is 0 Å². The van der Waals surface area contributed by atoms with E-state index in [9.17, 15) is 0 Å². The van der Waals surface area contributed by atoms with Gasteiger partial charge in [0, 0.05) is 27.9 Å². The van der Waals surface area contributed by atoms with Gasteiger partial charge in [-0.25, -0.2) is 0 Å². The molecule has 0 radical (unpaired) electrons. The van der Waals surface area contributed by atoms with E-state index in [-0.39, 0.29) is 10.8 Å². The zero-order valence-corrected chi connectivity index (χ0v) is 35.5. The van der Waals surface area contributed by atoms with E-state index < -0.39 is 0 Å². The fraction of sp³-hybridized carbons (Fsp3) is 0.148. The monoisotopic (exact) mass is 795 g/mol. The third-order valence-corrected chi connectivity index (χ3v) is 14.6. The third-order valence-electron chi connectivity index (χ3n) is 14.6. The van der Waals surface area contributed by atoms with Gasteiger partial charge < -0.3 is 4.90 Å². The third kappa shape index (κ3) is 5.61. The number of benzene rings is 9. The van der Waals surface area contributed by atoms with Crippen LogP contribution in [0.25, 0.3) is 66.4 Å². The molecular formula is C61H49N. The van der Waals surface area contributed by atoms with Gasteiger partial charge in [0.25, 0.3) is 0 Å². The predicted octanol–water partition coefficient (Wildman–Crippen LogP) is 16.8. The number of nitrogens with zero attached hydrogens (tertiary/aromatic N) is 1. The summed E-state index contributed by atoms with van der Waals surface area (Å²) in [5.74, 6) is 0. The summed E-state index contributed by atoms with van der Waals surface area (Å²) in [4.78, 5) is 2.51. The zero-order chi connectivity index (χ0) is 41.4. The van der Waals surface area contributed by atoms with Gasteiger partial charge >= 0.3 is 0 Å². The molecule has 3 aliphatic carbocycles. The molecule has 0 heterocycles. The molecule has 0 N–H and O–H groups in total. The summed E-state index contributed by atoms with van der Waals surface area (Å²) in [6.45, 7) is 4.78. The first kappa shape index (κ1) is 36.9. The van der Waals surface area contributed by atoms with E-state index in [1.54, 1.807) is 0 Å². The van der Waals surface area contributed by atoms with Crippen molar-refractivity contribution in [3.05, 3.63) is 222 Å². The minimum absolute atomic E-state index is 0.0631. The molecule has 62 heavy (non-hydrogen) atoms. The minimum atomic E-state index is -0.112. The lowest BCUT2D eigenvalue weighted by molar-refractivity contribution is 0.353. The Balaban J connectivity index is 1.02. The summed E-state index contributed by atoms with van der Waals surface area (Å²) in [5, 5.41) is 2.54. The summed E-state index contributed by atoms with van der Waals surface area (Å²) in [6, 6.07) is 75.3. The maximum Gasteiger partial charge on any atom is 0.0467 e. The van der Waals surface area contributed by atoms with Gasteiger partial charge in [-0.05, 0) is 138 Å². The van der Waals surface area contributed by atoms with Gasteiger partial charge in [-0.2, -0.15) is 0 Å². The van der Waals surface area contributed by atoms with E-state index in [1.807, 2.05) is 0 Å². The lowest BCUT2D eigenvalue weighted by Crippen LogP contribution is -2.28. The Kier molecular flexibility index (Phi) is 8.51. The van der Waals surface area contributed by atoms with Crippen molar-refractivity contribution in [2.75, 3.05) is 4.90 Å². The van der Waals surface area contributed by atoms with Crippen molar-refractivity contribution >= 4 is 27.8 Å². The fourth-order valence-corrected chi connectivity index (χ4v) is 11.9. The highest BCUT2D eigenvalue weighted by Gasteiger charge is 2.44. The van der Waals surface area contributed by atoms with Crippen molar-refractivity contribution < 1.29 is 0 Å². The molecule has 0 amide bonds. The van der Waals surface area contributed by atoms with Crippen LogP contribution in [-0.2, 0) is 10.8 Å². The van der Waals surface area contributed by atoms with E-state index in [0.717, 1.165) is 11.4 Å². The molecule has 0 bridgehead atoms. The van der Waals surface area contributed by atoms with Crippen LogP contribution in [0.2, 0.25) is 0 Å². The standard InChI is InChI=1S/C61H49N/c1-60(2)55-29-9-7-24-52(55)54-28-16-27-50(59(54)60)44-21-13-22-46(39-44)62(47-35-36-53-51-23-8-10-30-56(51)61(57(53)40-47)37-11-4-12-38-61)45-33-31-42(32-34-45)49-26-15-20-43-19-14-25-48(58(43)49)41-17-5-3-6-18-41/h3,5-10,13-36,39-40H,4,11-12,37-38H2,1-2H3. The molecule has 0 aliphatic heterocycles. The van der Waals surface area contributed by atoms with Gasteiger partial charge in [-0.3, -0.25) is 0 Å². The van der Waals surface area contributed by atoms with Crippen LogP contribution in [0, 0.1) is 0 Å². The second-order valence-corrected chi connectivity index (χ2v) is 18.3. The number of hydrogen-bond acceptors (Lipinski definition) is 1. The Bertz CT molecular complexity index is 3180. The highest BCUT2D eigenvalue weighted by atomic mass is 15.1. The average Bonchev–Trinajstić information content (AvgIpc) is 3.73. The topological polar surface area (TPSA) is 3.24 Å². The molecule has 0 aromatic heterocycles. The van der Waals surface area contributed by atoms with Crippen molar-refractivity contribution in [1.82, 2.24) is 0 Å². The molecule has 9 aromatic rings. The second kappa shape index (κ2) is 14.3. The molecule has 298 valence electrons. The van der Waals surface area contributed by atoms with Gasteiger partial charge in [-0.1, -0.05) is 197 Å². The van der Waals surface area contributed by atoms with Crippen LogP contribution in [0.5, 0.6) is 0 Å². The summed E-state index contributed by atoms with van der Waals surface area (Å²) in [7, 11) is 0. The summed E-state index contributed by atoms with van der Waals surface area (Å²) in [6.07, 6.45) is 6.27. The second-order valence-electron chi connectivity index (χ2n) is 18.3. The van der Waals surface area contributed by atoms with Gasteiger partial charge in [0.1, 0.15) is 0 Å². The van der Waals surface area contributed by atoms with Crippen molar-refractivity contribution in [1.29, 1.82) is 0 Å². The van der Waals surface area contributed by atoms with E-state index >= 15 is 0 Å². The normalized spacial score (nSPS) is 15.2. The molecule has 1 spiro atoms. The van der Waals surface area contributed by atoms with Crippen molar-refractivity contribution in [3.8, 4) is 55.6 Å². The summed E-state index contributed by atoms with van der Waals surface area (Å²) in [5.41, 5.74) is 22.3. The van der Waals surface area contributed by atoms with Gasteiger partial charge in [0.15, 0.2) is 0 Å². The lowest BCUT2D eigenvalue weighted by atomic mass is 9.68. The fourth-order valence-electron chi connectivity index (χ4n) is 11.9. The first-order chi connectivity index (χ1) is 30.5. The maximum absolute atomic E-state index is 2.55. The van der Waals surface area contributed by atoms with Crippen LogP contribution < -0.4 is 4.90 Å². The molecule has 9 aromatic carbocycles. The highest BCUT2D eigenvalue weighted by Crippen LogP contribution is 2.57. The first-order valence-corrected chi connectivity index (χ1v) is 22.6. The first-order valence-electron chi connectivity index (χ1n) is 22.6. The van der Waals surface area contributed by atoms with Gasteiger partial charge in [-0.15, -0.1) is 0 Å². The van der Waals surface area contributed by atoms with Gasteiger partial charge in [0.2, 0.25) is 0 Å². The summed E-state index contributed by atoms with van der Waals surface area (Å²) >= 11 is 0. The van der Waals surface area contributed by atoms with Crippen LogP contribution >= 0.6 is 0 Å². The number of rotatable bonds is 6. The molecule has 0 unspecified atom stereocenters. The summed E-state index contributed by atoms with van der Waals surface area (Å²) < 4.78 is 0. The molecule has 1 fully saturated rings. The molecule has 1 heteroatoms. The van der Waals surface area contributed by atoms with Crippen LogP contribution in [0.1, 0.15) is 68.2 Å². The zero-order valence-electron chi connectivity index (χ0n) is 35.5. The Morgan fingerprint density at radius 2 is 0.887 bits per heavy atom. The van der Waals surface area contributed by atoms with E-state index in [4.69, 9.17) is 0 Å².